The molecule has 0 saturated heterocycles. The largest absolute Gasteiger partial charge is 0.337 e. The fraction of sp³-hybridized carbons (Fsp3) is 0.385. The van der Waals surface area contributed by atoms with Gasteiger partial charge in [-0.05, 0) is 42.7 Å². The van der Waals surface area contributed by atoms with Crippen LogP contribution in [0.25, 0.3) is 11.5 Å². The van der Waals surface area contributed by atoms with Crippen LogP contribution in [-0.2, 0) is 6.54 Å². The number of nitrogens with zero attached hydrogens (tertiary/aromatic N) is 7. The zero-order valence-corrected chi connectivity index (χ0v) is 11.5. The number of hydrogen-bond donors (Lipinski definition) is 0. The number of pyridine rings is 1. The molecule has 3 heterocycles. The van der Waals surface area contributed by atoms with E-state index in [1.165, 1.54) is 4.80 Å². The van der Waals surface area contributed by atoms with Crippen molar-refractivity contribution < 1.29 is 4.52 Å². The number of rotatable bonds is 4. The van der Waals surface area contributed by atoms with Gasteiger partial charge >= 0.3 is 0 Å². The fourth-order valence-electron chi connectivity index (χ4n) is 2.03. The molecule has 0 N–H and O–H groups in total. The summed E-state index contributed by atoms with van der Waals surface area (Å²) in [6.07, 6.45) is 4.02. The quantitative estimate of drug-likeness (QED) is 0.713. The molecule has 1 fully saturated rings. The molecule has 0 aliphatic heterocycles. The van der Waals surface area contributed by atoms with Crippen molar-refractivity contribution in [1.82, 2.24) is 35.3 Å². The highest BCUT2D eigenvalue weighted by molar-refractivity contribution is 5.48. The number of tetrazole rings is 1. The number of aromatic nitrogens is 7. The van der Waals surface area contributed by atoms with Crippen molar-refractivity contribution in [3.05, 3.63) is 35.6 Å². The minimum atomic E-state index is 0.318. The highest BCUT2D eigenvalue weighted by Gasteiger charge is 2.28. The van der Waals surface area contributed by atoms with E-state index in [1.807, 2.05) is 19.1 Å². The van der Waals surface area contributed by atoms with Gasteiger partial charge < -0.3 is 4.52 Å². The zero-order chi connectivity index (χ0) is 14.2. The van der Waals surface area contributed by atoms with Gasteiger partial charge in [-0.3, -0.25) is 4.98 Å². The first kappa shape index (κ1) is 12.1. The van der Waals surface area contributed by atoms with E-state index in [2.05, 4.69) is 30.5 Å². The summed E-state index contributed by atoms with van der Waals surface area (Å²) in [6, 6.07) is 3.83. The second kappa shape index (κ2) is 4.72. The lowest BCUT2D eigenvalue weighted by Crippen LogP contribution is -2.04. The van der Waals surface area contributed by atoms with Crippen LogP contribution in [0.5, 0.6) is 0 Å². The molecule has 1 aliphatic rings. The molecule has 0 bridgehead atoms. The second-order valence-corrected chi connectivity index (χ2v) is 5.18. The molecule has 8 nitrogen and oxygen atoms in total. The van der Waals surface area contributed by atoms with E-state index in [0.717, 1.165) is 24.2 Å². The standard InChI is InChI=1S/C13H13N7O/c1-8-4-5-14-10(6-8)13-15-11(21-18-13)7-20-17-12(16-19-20)9-2-3-9/h4-6,9H,2-3,7H2,1H3. The van der Waals surface area contributed by atoms with Crippen LogP contribution < -0.4 is 0 Å². The van der Waals surface area contributed by atoms with Crippen molar-refractivity contribution in [2.45, 2.75) is 32.2 Å². The first-order valence-corrected chi connectivity index (χ1v) is 6.81. The summed E-state index contributed by atoms with van der Waals surface area (Å²) in [5.41, 5.74) is 1.79. The summed E-state index contributed by atoms with van der Waals surface area (Å²) in [7, 11) is 0. The van der Waals surface area contributed by atoms with E-state index in [0.29, 0.717) is 29.9 Å². The van der Waals surface area contributed by atoms with Crippen LogP contribution in [0.3, 0.4) is 0 Å². The van der Waals surface area contributed by atoms with Gasteiger partial charge in [0.05, 0.1) is 0 Å². The summed E-state index contributed by atoms with van der Waals surface area (Å²) in [5.74, 6) is 2.19. The van der Waals surface area contributed by atoms with Crippen LogP contribution in [0.15, 0.2) is 22.9 Å². The summed E-state index contributed by atoms with van der Waals surface area (Å²) in [6.45, 7) is 2.31. The molecule has 0 amide bonds. The Balaban J connectivity index is 1.53. The van der Waals surface area contributed by atoms with Gasteiger partial charge in [0.25, 0.3) is 5.89 Å². The number of hydrogen-bond acceptors (Lipinski definition) is 7. The molecule has 106 valence electrons. The van der Waals surface area contributed by atoms with Crippen molar-refractivity contribution in [3.8, 4) is 11.5 Å². The van der Waals surface area contributed by atoms with Gasteiger partial charge in [-0.1, -0.05) is 5.16 Å². The summed E-state index contributed by atoms with van der Waals surface area (Å²) < 4.78 is 5.22. The molecular weight excluding hydrogens is 270 g/mol. The van der Waals surface area contributed by atoms with Crippen LogP contribution in [0.1, 0.15) is 36.0 Å². The van der Waals surface area contributed by atoms with E-state index < -0.39 is 0 Å². The highest BCUT2D eigenvalue weighted by Crippen LogP contribution is 2.37. The Labute approximate surface area is 120 Å². The zero-order valence-electron chi connectivity index (χ0n) is 11.5. The van der Waals surface area contributed by atoms with Crippen LogP contribution >= 0.6 is 0 Å². The molecule has 0 spiro atoms. The average molecular weight is 283 g/mol. The average Bonchev–Trinajstić information content (AvgIpc) is 3.05. The molecule has 3 aromatic rings. The van der Waals surface area contributed by atoms with Gasteiger partial charge in [0.15, 0.2) is 5.82 Å². The van der Waals surface area contributed by atoms with E-state index in [4.69, 9.17) is 4.52 Å². The van der Waals surface area contributed by atoms with Crippen molar-refractivity contribution >= 4 is 0 Å². The van der Waals surface area contributed by atoms with Gasteiger partial charge in [0, 0.05) is 12.1 Å². The van der Waals surface area contributed by atoms with Gasteiger partial charge in [0.1, 0.15) is 12.2 Å². The Morgan fingerprint density at radius 2 is 2.29 bits per heavy atom. The lowest BCUT2D eigenvalue weighted by molar-refractivity contribution is 0.356. The van der Waals surface area contributed by atoms with Gasteiger partial charge in [0.2, 0.25) is 5.82 Å². The normalized spacial score (nSPS) is 14.5. The van der Waals surface area contributed by atoms with Gasteiger partial charge in [-0.15, -0.1) is 10.2 Å². The minimum Gasteiger partial charge on any atom is -0.337 e. The molecular formula is C13H13N7O. The maximum atomic E-state index is 5.22. The number of aryl methyl sites for hydroxylation is 1. The lowest BCUT2D eigenvalue weighted by atomic mass is 10.2. The third-order valence-corrected chi connectivity index (χ3v) is 3.30. The van der Waals surface area contributed by atoms with E-state index in [9.17, 15) is 0 Å². The Bertz CT molecular complexity index is 774. The molecule has 0 atom stereocenters. The predicted octanol–water partition coefficient (Wildman–Crippen LogP) is 1.35. The molecule has 8 heteroatoms. The topological polar surface area (TPSA) is 95.4 Å². The Morgan fingerprint density at radius 3 is 3.10 bits per heavy atom. The molecule has 0 radical (unpaired) electrons. The van der Waals surface area contributed by atoms with Gasteiger partial charge in [-0.25, -0.2) is 0 Å². The maximum absolute atomic E-state index is 5.22. The summed E-state index contributed by atoms with van der Waals surface area (Å²) in [4.78, 5) is 10.0. The molecule has 1 saturated carbocycles. The van der Waals surface area contributed by atoms with Crippen molar-refractivity contribution in [1.29, 1.82) is 0 Å². The van der Waals surface area contributed by atoms with E-state index in [1.54, 1.807) is 6.20 Å². The molecule has 4 rings (SSSR count). The summed E-state index contributed by atoms with van der Waals surface area (Å²) in [5, 5.41) is 16.3. The molecule has 21 heavy (non-hydrogen) atoms. The van der Waals surface area contributed by atoms with E-state index in [-0.39, 0.29) is 0 Å². The fourth-order valence-corrected chi connectivity index (χ4v) is 2.03. The Morgan fingerprint density at radius 1 is 1.38 bits per heavy atom. The van der Waals surface area contributed by atoms with Gasteiger partial charge in [-0.2, -0.15) is 9.78 Å². The monoisotopic (exact) mass is 283 g/mol. The van der Waals surface area contributed by atoms with Crippen LogP contribution in [-0.4, -0.2) is 35.3 Å². The third kappa shape index (κ3) is 2.51. The molecule has 0 unspecified atom stereocenters. The SMILES string of the molecule is Cc1ccnc(-c2noc(Cn3nnc(C4CC4)n3)n2)c1. The van der Waals surface area contributed by atoms with Crippen molar-refractivity contribution in [2.24, 2.45) is 0 Å². The first-order valence-electron chi connectivity index (χ1n) is 6.81. The van der Waals surface area contributed by atoms with E-state index >= 15 is 0 Å². The first-order chi connectivity index (χ1) is 10.3. The third-order valence-electron chi connectivity index (χ3n) is 3.30. The molecule has 1 aliphatic carbocycles. The maximum Gasteiger partial charge on any atom is 0.250 e. The highest BCUT2D eigenvalue weighted by atomic mass is 16.5. The smallest absolute Gasteiger partial charge is 0.250 e. The van der Waals surface area contributed by atoms with Crippen molar-refractivity contribution in [2.75, 3.05) is 0 Å². The Kier molecular flexibility index (Phi) is 2.73. The van der Waals surface area contributed by atoms with Crippen LogP contribution in [0, 0.1) is 6.92 Å². The molecule has 3 aromatic heterocycles. The van der Waals surface area contributed by atoms with Crippen molar-refractivity contribution in [3.63, 3.8) is 0 Å². The van der Waals surface area contributed by atoms with Crippen LogP contribution in [0.4, 0.5) is 0 Å². The summed E-state index contributed by atoms with van der Waals surface area (Å²) >= 11 is 0. The minimum absolute atomic E-state index is 0.318. The second-order valence-electron chi connectivity index (χ2n) is 5.18. The van der Waals surface area contributed by atoms with Crippen LogP contribution in [0.2, 0.25) is 0 Å². The lowest BCUT2D eigenvalue weighted by Gasteiger charge is -1.94. The Hall–Kier alpha value is -2.64. The molecule has 0 aromatic carbocycles. The predicted molar refractivity (Wildman–Crippen MR) is 71.2 cm³/mol.